The molecule has 0 aliphatic heterocycles. The van der Waals surface area contributed by atoms with Gasteiger partial charge in [-0.3, -0.25) is 11.3 Å². The minimum Gasteiger partial charge on any atom is -0.271 e. The van der Waals surface area contributed by atoms with Gasteiger partial charge in [0.1, 0.15) is 0 Å². The molecule has 0 aromatic heterocycles. The van der Waals surface area contributed by atoms with E-state index in [4.69, 9.17) is 5.84 Å². The standard InChI is InChI=1S/C13H20Br2N2/c1-3-4-9(2)5-13(17-16)10-6-11(14)8-12(15)7-10/h6-9,13,17H,3-5,16H2,1-2H3. The number of halogens is 2. The van der Waals surface area contributed by atoms with Gasteiger partial charge in [-0.2, -0.15) is 0 Å². The summed E-state index contributed by atoms with van der Waals surface area (Å²) in [6.45, 7) is 4.50. The van der Waals surface area contributed by atoms with Gasteiger partial charge >= 0.3 is 0 Å². The number of benzene rings is 1. The number of nitrogens with one attached hydrogen (secondary N) is 1. The number of hydrazine groups is 1. The Morgan fingerprint density at radius 3 is 2.29 bits per heavy atom. The van der Waals surface area contributed by atoms with Crippen molar-refractivity contribution >= 4 is 31.9 Å². The van der Waals surface area contributed by atoms with Crippen LogP contribution < -0.4 is 11.3 Å². The molecule has 0 saturated carbocycles. The predicted molar refractivity (Wildman–Crippen MR) is 80.6 cm³/mol. The highest BCUT2D eigenvalue weighted by atomic mass is 79.9. The van der Waals surface area contributed by atoms with E-state index >= 15 is 0 Å². The van der Waals surface area contributed by atoms with Gasteiger partial charge in [-0.15, -0.1) is 0 Å². The van der Waals surface area contributed by atoms with E-state index < -0.39 is 0 Å². The molecule has 2 atom stereocenters. The molecule has 96 valence electrons. The molecule has 0 aliphatic rings. The topological polar surface area (TPSA) is 38.0 Å². The van der Waals surface area contributed by atoms with Crippen molar-refractivity contribution in [2.75, 3.05) is 0 Å². The highest BCUT2D eigenvalue weighted by Gasteiger charge is 2.14. The van der Waals surface area contributed by atoms with Crippen molar-refractivity contribution in [2.24, 2.45) is 11.8 Å². The molecule has 1 rings (SSSR count). The number of rotatable bonds is 6. The molecule has 0 radical (unpaired) electrons. The maximum absolute atomic E-state index is 5.67. The summed E-state index contributed by atoms with van der Waals surface area (Å²) in [4.78, 5) is 0. The van der Waals surface area contributed by atoms with Gasteiger partial charge in [0, 0.05) is 15.0 Å². The Labute approximate surface area is 121 Å². The first-order chi connectivity index (χ1) is 8.06. The first-order valence-electron chi connectivity index (χ1n) is 5.99. The quantitative estimate of drug-likeness (QED) is 0.575. The zero-order valence-electron chi connectivity index (χ0n) is 10.3. The molecule has 0 fully saturated rings. The molecular formula is C13H20Br2N2. The highest BCUT2D eigenvalue weighted by molar-refractivity contribution is 9.11. The van der Waals surface area contributed by atoms with E-state index in [-0.39, 0.29) is 6.04 Å². The van der Waals surface area contributed by atoms with Crippen molar-refractivity contribution in [3.8, 4) is 0 Å². The molecule has 2 nitrogen and oxygen atoms in total. The lowest BCUT2D eigenvalue weighted by Crippen LogP contribution is -2.29. The van der Waals surface area contributed by atoms with E-state index in [1.807, 2.05) is 6.07 Å². The van der Waals surface area contributed by atoms with Crippen LogP contribution in [0.25, 0.3) is 0 Å². The summed E-state index contributed by atoms with van der Waals surface area (Å²) in [7, 11) is 0. The van der Waals surface area contributed by atoms with Gasteiger partial charge in [0.05, 0.1) is 0 Å². The van der Waals surface area contributed by atoms with Crippen LogP contribution in [0.2, 0.25) is 0 Å². The molecule has 2 unspecified atom stereocenters. The van der Waals surface area contributed by atoms with Crippen molar-refractivity contribution in [1.29, 1.82) is 0 Å². The molecular weight excluding hydrogens is 344 g/mol. The first kappa shape index (κ1) is 15.2. The third-order valence-electron chi connectivity index (χ3n) is 2.91. The van der Waals surface area contributed by atoms with Gasteiger partial charge in [0.25, 0.3) is 0 Å². The third-order valence-corrected chi connectivity index (χ3v) is 3.82. The summed E-state index contributed by atoms with van der Waals surface area (Å²) < 4.78 is 2.15. The Hall–Kier alpha value is 0.1000. The fraction of sp³-hybridized carbons (Fsp3) is 0.538. The van der Waals surface area contributed by atoms with E-state index in [2.05, 4.69) is 63.3 Å². The normalized spacial score (nSPS) is 14.6. The second-order valence-electron chi connectivity index (χ2n) is 4.55. The van der Waals surface area contributed by atoms with E-state index in [1.54, 1.807) is 0 Å². The second kappa shape index (κ2) is 7.52. The van der Waals surface area contributed by atoms with Crippen LogP contribution in [-0.2, 0) is 0 Å². The maximum atomic E-state index is 5.67. The van der Waals surface area contributed by atoms with Crippen LogP contribution in [0.15, 0.2) is 27.1 Å². The molecule has 1 aromatic rings. The van der Waals surface area contributed by atoms with Gasteiger partial charge in [-0.1, -0.05) is 58.5 Å². The molecule has 1 aromatic carbocycles. The summed E-state index contributed by atoms with van der Waals surface area (Å²) in [5.74, 6) is 6.35. The molecule has 0 heterocycles. The van der Waals surface area contributed by atoms with Gasteiger partial charge in [0.15, 0.2) is 0 Å². The molecule has 3 N–H and O–H groups in total. The maximum Gasteiger partial charge on any atom is 0.0463 e. The molecule has 17 heavy (non-hydrogen) atoms. The molecule has 0 bridgehead atoms. The van der Waals surface area contributed by atoms with E-state index in [0.717, 1.165) is 15.4 Å². The van der Waals surface area contributed by atoms with Crippen LogP contribution in [0.3, 0.4) is 0 Å². The Bertz CT molecular complexity index is 335. The highest BCUT2D eigenvalue weighted by Crippen LogP contribution is 2.28. The van der Waals surface area contributed by atoms with Crippen LogP contribution in [0, 0.1) is 5.92 Å². The molecule has 0 saturated heterocycles. The van der Waals surface area contributed by atoms with E-state index in [9.17, 15) is 0 Å². The van der Waals surface area contributed by atoms with Crippen molar-refractivity contribution in [3.63, 3.8) is 0 Å². The molecule has 0 spiro atoms. The number of hydrogen-bond donors (Lipinski definition) is 2. The lowest BCUT2D eigenvalue weighted by atomic mass is 9.93. The Morgan fingerprint density at radius 1 is 1.24 bits per heavy atom. The zero-order chi connectivity index (χ0) is 12.8. The molecule has 0 aliphatic carbocycles. The Balaban J connectivity index is 2.78. The van der Waals surface area contributed by atoms with E-state index in [1.165, 1.54) is 18.4 Å². The Morgan fingerprint density at radius 2 is 1.82 bits per heavy atom. The molecule has 0 amide bonds. The summed E-state index contributed by atoms with van der Waals surface area (Å²) in [6.07, 6.45) is 3.53. The van der Waals surface area contributed by atoms with Crippen LogP contribution in [0.1, 0.15) is 44.7 Å². The fourth-order valence-electron chi connectivity index (χ4n) is 2.09. The fourth-order valence-corrected chi connectivity index (χ4v) is 3.42. The average Bonchev–Trinajstić information content (AvgIpc) is 2.24. The third kappa shape index (κ3) is 5.08. The predicted octanol–water partition coefficient (Wildman–Crippen LogP) is 4.54. The van der Waals surface area contributed by atoms with Gasteiger partial charge < -0.3 is 0 Å². The first-order valence-corrected chi connectivity index (χ1v) is 7.57. The minimum absolute atomic E-state index is 0.213. The second-order valence-corrected chi connectivity index (χ2v) is 6.38. The van der Waals surface area contributed by atoms with Crippen molar-refractivity contribution in [1.82, 2.24) is 5.43 Å². The van der Waals surface area contributed by atoms with Gasteiger partial charge in [0.2, 0.25) is 0 Å². The zero-order valence-corrected chi connectivity index (χ0v) is 13.5. The van der Waals surface area contributed by atoms with Crippen LogP contribution in [0.5, 0.6) is 0 Å². The SMILES string of the molecule is CCCC(C)CC(NN)c1cc(Br)cc(Br)c1. The average molecular weight is 364 g/mol. The Kier molecular flexibility index (Phi) is 6.70. The van der Waals surface area contributed by atoms with Crippen molar-refractivity contribution in [2.45, 2.75) is 39.2 Å². The summed E-state index contributed by atoms with van der Waals surface area (Å²) in [5, 5.41) is 0. The lowest BCUT2D eigenvalue weighted by molar-refractivity contribution is 0.394. The minimum atomic E-state index is 0.213. The van der Waals surface area contributed by atoms with Crippen molar-refractivity contribution < 1.29 is 0 Å². The van der Waals surface area contributed by atoms with Crippen LogP contribution in [-0.4, -0.2) is 0 Å². The number of hydrogen-bond acceptors (Lipinski definition) is 2. The largest absolute Gasteiger partial charge is 0.271 e. The summed E-state index contributed by atoms with van der Waals surface area (Å²) in [5.41, 5.74) is 4.14. The van der Waals surface area contributed by atoms with Crippen LogP contribution in [0.4, 0.5) is 0 Å². The molecule has 4 heteroatoms. The van der Waals surface area contributed by atoms with E-state index in [0.29, 0.717) is 5.92 Å². The van der Waals surface area contributed by atoms with Crippen molar-refractivity contribution in [3.05, 3.63) is 32.7 Å². The smallest absolute Gasteiger partial charge is 0.0463 e. The van der Waals surface area contributed by atoms with Gasteiger partial charge in [-0.25, -0.2) is 0 Å². The summed E-state index contributed by atoms with van der Waals surface area (Å²) in [6, 6.07) is 6.49. The number of nitrogens with two attached hydrogens (primary N) is 1. The van der Waals surface area contributed by atoms with Gasteiger partial charge in [-0.05, 0) is 36.1 Å². The summed E-state index contributed by atoms with van der Waals surface area (Å²) >= 11 is 7.02. The monoisotopic (exact) mass is 362 g/mol. The lowest BCUT2D eigenvalue weighted by Gasteiger charge is -2.21. The van der Waals surface area contributed by atoms with Crippen LogP contribution >= 0.6 is 31.9 Å².